The van der Waals surface area contributed by atoms with Gasteiger partial charge in [-0.05, 0) is 24.0 Å². The van der Waals surface area contributed by atoms with Gasteiger partial charge in [0, 0.05) is 18.7 Å². The summed E-state index contributed by atoms with van der Waals surface area (Å²) in [5.41, 5.74) is 1.14. The third-order valence-corrected chi connectivity index (χ3v) is 3.87. The monoisotopic (exact) mass is 318 g/mol. The normalized spacial score (nSPS) is 16.7. The molecule has 0 unspecified atom stereocenters. The lowest BCUT2D eigenvalue weighted by Gasteiger charge is -2.28. The highest BCUT2D eigenvalue weighted by molar-refractivity contribution is 6.47. The van der Waals surface area contributed by atoms with E-state index in [4.69, 9.17) is 9.39 Å². The molecule has 0 amide bonds. The van der Waals surface area contributed by atoms with Gasteiger partial charge in [-0.25, -0.2) is 4.79 Å². The van der Waals surface area contributed by atoms with Crippen molar-refractivity contribution >= 4 is 18.9 Å². The first-order valence-corrected chi connectivity index (χ1v) is 8.07. The predicted molar refractivity (Wildman–Crippen MR) is 87.5 cm³/mol. The fraction of sp³-hybridized carbons (Fsp3) is 0.529. The van der Waals surface area contributed by atoms with Crippen LogP contribution in [0.5, 0.6) is 5.75 Å². The van der Waals surface area contributed by atoms with E-state index in [0.29, 0.717) is 30.8 Å². The van der Waals surface area contributed by atoms with Crippen LogP contribution in [0.3, 0.4) is 0 Å². The number of Topliss-reactive ketones (excluding diaryl/α,β-unsaturated/α-hetero) is 1. The molecule has 0 fully saturated rings. The first kappa shape index (κ1) is 17.5. The predicted octanol–water partition coefficient (Wildman–Crippen LogP) is 2.65. The van der Waals surface area contributed by atoms with Crippen molar-refractivity contribution < 1.29 is 24.0 Å². The number of esters is 1. The van der Waals surface area contributed by atoms with Crippen molar-refractivity contribution in [3.8, 4) is 5.75 Å². The first-order valence-electron chi connectivity index (χ1n) is 8.07. The molecule has 0 spiro atoms. The summed E-state index contributed by atoms with van der Waals surface area (Å²) >= 11 is 0. The molecule has 5 nitrogen and oxygen atoms in total. The maximum atomic E-state index is 12.2. The van der Waals surface area contributed by atoms with Gasteiger partial charge in [-0.1, -0.05) is 32.9 Å². The van der Waals surface area contributed by atoms with Crippen molar-refractivity contribution in [1.82, 2.24) is 0 Å². The molecule has 1 aliphatic rings. The van der Waals surface area contributed by atoms with Crippen LogP contribution >= 0.6 is 0 Å². The number of carbonyl (C=O) groups excluding carboxylic acids is 2. The van der Waals surface area contributed by atoms with E-state index >= 15 is 0 Å². The molecular weight excluding hydrogens is 295 g/mol. The largest absolute Gasteiger partial charge is 0.535 e. The summed E-state index contributed by atoms with van der Waals surface area (Å²) in [5.74, 6) is -0.0281. The molecular formula is C17H23BO5. The van der Waals surface area contributed by atoms with Gasteiger partial charge in [0.2, 0.25) is 0 Å². The van der Waals surface area contributed by atoms with Crippen molar-refractivity contribution in [2.45, 2.75) is 45.9 Å². The van der Waals surface area contributed by atoms with Gasteiger partial charge in [-0.15, -0.1) is 0 Å². The standard InChI is InChI=1S/C17H23BO5/c1-4-14(19)9-13-8-12-6-5-7-15(16(12)23-18(13)21)17(20)22-10-11(2)3/h5-7,11,13,21H,4,8-10H2,1-3H3/t13-/m1/s1. The lowest BCUT2D eigenvalue weighted by atomic mass is 9.64. The molecule has 1 atom stereocenters. The van der Waals surface area contributed by atoms with E-state index in [0.717, 1.165) is 5.56 Å². The number of hydrogen-bond acceptors (Lipinski definition) is 5. The average Bonchev–Trinajstić information content (AvgIpc) is 2.52. The maximum Gasteiger partial charge on any atom is 0.526 e. The van der Waals surface area contributed by atoms with Crippen LogP contribution < -0.4 is 4.65 Å². The van der Waals surface area contributed by atoms with Crippen LogP contribution in [0.2, 0.25) is 5.82 Å². The number of benzene rings is 1. The number of rotatable bonds is 6. The number of carbonyl (C=O) groups is 2. The number of fused-ring (bicyclic) bond motifs is 1. The van der Waals surface area contributed by atoms with E-state index < -0.39 is 13.1 Å². The molecule has 0 aliphatic carbocycles. The Morgan fingerprint density at radius 1 is 1.43 bits per heavy atom. The molecule has 6 heteroatoms. The van der Waals surface area contributed by atoms with Crippen molar-refractivity contribution in [3.63, 3.8) is 0 Å². The molecule has 0 aromatic heterocycles. The summed E-state index contributed by atoms with van der Waals surface area (Å²) < 4.78 is 10.8. The summed E-state index contributed by atoms with van der Waals surface area (Å²) in [6, 6.07) is 5.25. The Kier molecular flexibility index (Phi) is 5.83. The molecule has 0 saturated carbocycles. The molecule has 0 radical (unpaired) electrons. The van der Waals surface area contributed by atoms with E-state index in [1.807, 2.05) is 19.9 Å². The highest BCUT2D eigenvalue weighted by Gasteiger charge is 2.37. The minimum Gasteiger partial charge on any atom is -0.535 e. The second kappa shape index (κ2) is 7.64. The van der Waals surface area contributed by atoms with Gasteiger partial charge in [0.15, 0.2) is 0 Å². The zero-order chi connectivity index (χ0) is 17.0. The number of hydrogen-bond donors (Lipinski definition) is 1. The third kappa shape index (κ3) is 4.35. The smallest absolute Gasteiger partial charge is 0.526 e. The van der Waals surface area contributed by atoms with Crippen molar-refractivity contribution in [1.29, 1.82) is 0 Å². The van der Waals surface area contributed by atoms with E-state index in [-0.39, 0.29) is 23.9 Å². The molecule has 1 aromatic rings. The molecule has 0 saturated heterocycles. The summed E-state index contributed by atoms with van der Waals surface area (Å²) in [6.45, 7) is 6.06. The molecule has 2 rings (SSSR count). The highest BCUT2D eigenvalue weighted by Crippen LogP contribution is 2.36. The van der Waals surface area contributed by atoms with Crippen molar-refractivity contribution in [3.05, 3.63) is 29.3 Å². The number of para-hydroxylation sites is 1. The summed E-state index contributed by atoms with van der Waals surface area (Å²) in [6.07, 6.45) is 1.23. The van der Waals surface area contributed by atoms with Crippen LogP contribution in [0.15, 0.2) is 18.2 Å². The summed E-state index contributed by atoms with van der Waals surface area (Å²) in [7, 11) is -1.09. The maximum absolute atomic E-state index is 12.2. The Hall–Kier alpha value is -1.82. The van der Waals surface area contributed by atoms with E-state index in [1.165, 1.54) is 0 Å². The lowest BCUT2D eigenvalue weighted by molar-refractivity contribution is -0.118. The van der Waals surface area contributed by atoms with Crippen molar-refractivity contribution in [2.24, 2.45) is 5.92 Å². The minimum atomic E-state index is -1.09. The van der Waals surface area contributed by atoms with Crippen LogP contribution in [0, 0.1) is 5.92 Å². The van der Waals surface area contributed by atoms with E-state index in [9.17, 15) is 14.6 Å². The van der Waals surface area contributed by atoms with Gasteiger partial charge in [0.05, 0.1) is 6.61 Å². The fourth-order valence-electron chi connectivity index (χ4n) is 2.58. The quantitative estimate of drug-likeness (QED) is 0.645. The van der Waals surface area contributed by atoms with Gasteiger partial charge in [0.1, 0.15) is 17.1 Å². The Morgan fingerprint density at radius 2 is 2.17 bits per heavy atom. The molecule has 1 aromatic carbocycles. The molecule has 1 heterocycles. The van der Waals surface area contributed by atoms with E-state index in [2.05, 4.69) is 0 Å². The van der Waals surface area contributed by atoms with Crippen LogP contribution in [-0.4, -0.2) is 30.5 Å². The van der Waals surface area contributed by atoms with Gasteiger partial charge in [0.25, 0.3) is 0 Å². The Labute approximate surface area is 137 Å². The topological polar surface area (TPSA) is 72.8 Å². The molecule has 23 heavy (non-hydrogen) atoms. The zero-order valence-electron chi connectivity index (χ0n) is 13.9. The van der Waals surface area contributed by atoms with Crippen LogP contribution in [-0.2, 0) is 16.0 Å². The second-order valence-electron chi connectivity index (χ2n) is 6.36. The SMILES string of the molecule is CCC(=O)C[C@H]1Cc2cccc(C(=O)OCC(C)C)c2OB1O. The third-order valence-electron chi connectivity index (χ3n) is 3.87. The lowest BCUT2D eigenvalue weighted by Crippen LogP contribution is -2.35. The molecule has 124 valence electrons. The number of ether oxygens (including phenoxy) is 1. The van der Waals surface area contributed by atoms with Gasteiger partial charge in [-0.2, -0.15) is 0 Å². The fourth-order valence-corrected chi connectivity index (χ4v) is 2.58. The molecule has 1 N–H and O–H groups in total. The zero-order valence-corrected chi connectivity index (χ0v) is 13.9. The first-order chi connectivity index (χ1) is 10.9. The van der Waals surface area contributed by atoms with Gasteiger partial charge >= 0.3 is 13.1 Å². The average molecular weight is 318 g/mol. The summed E-state index contributed by atoms with van der Waals surface area (Å²) in [4.78, 5) is 23.8. The second-order valence-corrected chi connectivity index (χ2v) is 6.36. The molecule has 0 bridgehead atoms. The Balaban J connectivity index is 2.18. The molecule has 1 aliphatic heterocycles. The summed E-state index contributed by atoms with van der Waals surface area (Å²) in [5, 5.41) is 10.2. The van der Waals surface area contributed by atoms with E-state index in [1.54, 1.807) is 19.1 Å². The Morgan fingerprint density at radius 3 is 2.83 bits per heavy atom. The van der Waals surface area contributed by atoms with Gasteiger partial charge < -0.3 is 14.4 Å². The minimum absolute atomic E-state index is 0.0913. The highest BCUT2D eigenvalue weighted by atomic mass is 16.5. The van der Waals surface area contributed by atoms with Crippen LogP contribution in [0.25, 0.3) is 0 Å². The van der Waals surface area contributed by atoms with Crippen LogP contribution in [0.1, 0.15) is 49.5 Å². The van der Waals surface area contributed by atoms with Crippen LogP contribution in [0.4, 0.5) is 0 Å². The van der Waals surface area contributed by atoms with Gasteiger partial charge in [-0.3, -0.25) is 4.79 Å². The van der Waals surface area contributed by atoms with Crippen molar-refractivity contribution in [2.75, 3.05) is 6.61 Å². The number of ketones is 1. The Bertz CT molecular complexity index is 584.